The van der Waals surface area contributed by atoms with Gasteiger partial charge in [-0.2, -0.15) is 0 Å². The molecule has 20 heavy (non-hydrogen) atoms. The quantitative estimate of drug-likeness (QED) is 0.698. The summed E-state index contributed by atoms with van der Waals surface area (Å²) in [5, 5.41) is 3.60. The zero-order valence-corrected chi connectivity index (χ0v) is 12.8. The van der Waals surface area contributed by atoms with Gasteiger partial charge in [0.1, 0.15) is 0 Å². The number of anilines is 1. The Kier molecular flexibility index (Phi) is 6.92. The second-order valence-electron chi connectivity index (χ2n) is 5.74. The van der Waals surface area contributed by atoms with E-state index in [1.807, 2.05) is 6.20 Å². The summed E-state index contributed by atoms with van der Waals surface area (Å²) in [4.78, 5) is 4.45. The molecule has 1 aromatic rings. The Bertz CT molecular complexity index is 358. The molecule has 1 aromatic heterocycles. The van der Waals surface area contributed by atoms with E-state index < -0.39 is 0 Å². The van der Waals surface area contributed by atoms with E-state index in [-0.39, 0.29) is 0 Å². The zero-order valence-electron chi connectivity index (χ0n) is 12.8. The standard InChI is InChI=1S/C16H29N3O/c1-2-3-13-20-14-7-11-19-12-10-17-16(19)18-15-8-5-4-6-9-15/h10,12,15H,2-9,11,13-14H2,1H3,(H,17,18). The fourth-order valence-electron chi connectivity index (χ4n) is 2.74. The first-order chi connectivity index (χ1) is 9.90. The molecule has 1 heterocycles. The van der Waals surface area contributed by atoms with Gasteiger partial charge in [0.25, 0.3) is 0 Å². The van der Waals surface area contributed by atoms with E-state index in [0.717, 1.165) is 32.1 Å². The molecule has 0 unspecified atom stereocenters. The molecule has 0 bridgehead atoms. The Morgan fingerprint density at radius 1 is 1.25 bits per heavy atom. The van der Waals surface area contributed by atoms with Crippen molar-refractivity contribution >= 4 is 5.95 Å². The largest absolute Gasteiger partial charge is 0.381 e. The molecule has 4 nitrogen and oxygen atoms in total. The molecule has 0 spiro atoms. The maximum Gasteiger partial charge on any atom is 0.202 e. The number of ether oxygens (including phenoxy) is 1. The van der Waals surface area contributed by atoms with Gasteiger partial charge in [0, 0.05) is 38.2 Å². The highest BCUT2D eigenvalue weighted by Crippen LogP contribution is 2.21. The predicted molar refractivity (Wildman–Crippen MR) is 83.1 cm³/mol. The van der Waals surface area contributed by atoms with Crippen molar-refractivity contribution in [2.24, 2.45) is 0 Å². The van der Waals surface area contributed by atoms with Crippen LogP contribution in [0.25, 0.3) is 0 Å². The van der Waals surface area contributed by atoms with Gasteiger partial charge in [0.15, 0.2) is 0 Å². The summed E-state index contributed by atoms with van der Waals surface area (Å²) in [6.45, 7) is 4.92. The molecule has 1 aliphatic carbocycles. The van der Waals surface area contributed by atoms with Crippen LogP contribution in [-0.4, -0.2) is 28.8 Å². The third-order valence-corrected chi connectivity index (χ3v) is 3.98. The van der Waals surface area contributed by atoms with Gasteiger partial charge in [0.2, 0.25) is 5.95 Å². The normalized spacial score (nSPS) is 16.4. The molecule has 0 atom stereocenters. The number of aryl methyl sites for hydroxylation is 1. The van der Waals surface area contributed by atoms with Crippen LogP contribution in [0.2, 0.25) is 0 Å². The molecule has 0 saturated heterocycles. The summed E-state index contributed by atoms with van der Waals surface area (Å²) < 4.78 is 7.83. The Labute approximate surface area is 122 Å². The lowest BCUT2D eigenvalue weighted by atomic mass is 9.96. The summed E-state index contributed by atoms with van der Waals surface area (Å²) >= 11 is 0. The van der Waals surface area contributed by atoms with E-state index in [9.17, 15) is 0 Å². The van der Waals surface area contributed by atoms with Crippen LogP contribution in [0.3, 0.4) is 0 Å². The van der Waals surface area contributed by atoms with Crippen LogP contribution in [-0.2, 0) is 11.3 Å². The molecule has 0 amide bonds. The minimum atomic E-state index is 0.616. The number of rotatable bonds is 9. The number of hydrogen-bond donors (Lipinski definition) is 1. The molecular weight excluding hydrogens is 250 g/mol. The lowest BCUT2D eigenvalue weighted by molar-refractivity contribution is 0.126. The first-order valence-corrected chi connectivity index (χ1v) is 8.25. The maximum atomic E-state index is 5.61. The summed E-state index contributed by atoms with van der Waals surface area (Å²) in [5.74, 6) is 1.03. The summed E-state index contributed by atoms with van der Waals surface area (Å²) in [5.41, 5.74) is 0. The van der Waals surface area contributed by atoms with Crippen LogP contribution in [0, 0.1) is 0 Å². The van der Waals surface area contributed by atoms with Crippen molar-refractivity contribution < 1.29 is 4.74 Å². The molecule has 0 aliphatic heterocycles. The first-order valence-electron chi connectivity index (χ1n) is 8.25. The van der Waals surface area contributed by atoms with Crippen molar-refractivity contribution in [2.75, 3.05) is 18.5 Å². The van der Waals surface area contributed by atoms with Crippen molar-refractivity contribution in [1.29, 1.82) is 0 Å². The van der Waals surface area contributed by atoms with Gasteiger partial charge in [-0.15, -0.1) is 0 Å². The van der Waals surface area contributed by atoms with Crippen molar-refractivity contribution in [3.05, 3.63) is 12.4 Å². The van der Waals surface area contributed by atoms with E-state index in [4.69, 9.17) is 4.74 Å². The molecule has 1 N–H and O–H groups in total. The van der Waals surface area contributed by atoms with E-state index in [2.05, 4.69) is 28.0 Å². The van der Waals surface area contributed by atoms with Crippen LogP contribution < -0.4 is 5.32 Å². The zero-order chi connectivity index (χ0) is 14.0. The van der Waals surface area contributed by atoms with Crippen molar-refractivity contribution in [3.63, 3.8) is 0 Å². The number of nitrogens with one attached hydrogen (secondary N) is 1. The van der Waals surface area contributed by atoms with E-state index in [1.165, 1.54) is 44.9 Å². The highest BCUT2D eigenvalue weighted by molar-refractivity contribution is 5.27. The lowest BCUT2D eigenvalue weighted by Gasteiger charge is -2.23. The molecule has 2 rings (SSSR count). The maximum absolute atomic E-state index is 5.61. The molecule has 0 radical (unpaired) electrons. The number of aromatic nitrogens is 2. The van der Waals surface area contributed by atoms with Gasteiger partial charge in [-0.25, -0.2) is 4.98 Å². The molecule has 1 aliphatic rings. The fourth-order valence-corrected chi connectivity index (χ4v) is 2.74. The second-order valence-corrected chi connectivity index (χ2v) is 5.74. The number of unbranched alkanes of at least 4 members (excludes halogenated alkanes) is 1. The number of imidazole rings is 1. The molecule has 1 saturated carbocycles. The topological polar surface area (TPSA) is 39.1 Å². The Balaban J connectivity index is 1.68. The van der Waals surface area contributed by atoms with Crippen molar-refractivity contribution in [2.45, 2.75) is 70.9 Å². The molecule has 0 aromatic carbocycles. The number of nitrogens with zero attached hydrogens (tertiary/aromatic N) is 2. The van der Waals surface area contributed by atoms with Gasteiger partial charge in [-0.1, -0.05) is 32.6 Å². The van der Waals surface area contributed by atoms with Gasteiger partial charge in [0.05, 0.1) is 0 Å². The van der Waals surface area contributed by atoms with Crippen LogP contribution >= 0.6 is 0 Å². The fraction of sp³-hybridized carbons (Fsp3) is 0.812. The smallest absolute Gasteiger partial charge is 0.202 e. The average molecular weight is 279 g/mol. The highest BCUT2D eigenvalue weighted by Gasteiger charge is 2.14. The molecule has 1 fully saturated rings. The van der Waals surface area contributed by atoms with Crippen LogP contribution in [0.1, 0.15) is 58.3 Å². The van der Waals surface area contributed by atoms with Crippen molar-refractivity contribution in [3.8, 4) is 0 Å². The molecule has 114 valence electrons. The van der Waals surface area contributed by atoms with Gasteiger partial charge in [-0.3, -0.25) is 0 Å². The Morgan fingerprint density at radius 2 is 2.05 bits per heavy atom. The highest BCUT2D eigenvalue weighted by atomic mass is 16.5. The van der Waals surface area contributed by atoms with Gasteiger partial charge in [-0.05, 0) is 25.7 Å². The third-order valence-electron chi connectivity index (χ3n) is 3.98. The minimum Gasteiger partial charge on any atom is -0.381 e. The van der Waals surface area contributed by atoms with Gasteiger partial charge < -0.3 is 14.6 Å². The monoisotopic (exact) mass is 279 g/mol. The van der Waals surface area contributed by atoms with E-state index in [1.54, 1.807) is 0 Å². The van der Waals surface area contributed by atoms with E-state index >= 15 is 0 Å². The SMILES string of the molecule is CCCCOCCCn1ccnc1NC1CCCCC1. The number of hydrogen-bond acceptors (Lipinski definition) is 3. The second kappa shape index (κ2) is 9.01. The van der Waals surface area contributed by atoms with E-state index in [0.29, 0.717) is 6.04 Å². The van der Waals surface area contributed by atoms with Crippen LogP contribution in [0.5, 0.6) is 0 Å². The third kappa shape index (κ3) is 5.16. The minimum absolute atomic E-state index is 0.616. The average Bonchev–Trinajstić information content (AvgIpc) is 2.91. The lowest BCUT2D eigenvalue weighted by Crippen LogP contribution is -2.24. The van der Waals surface area contributed by atoms with Crippen LogP contribution in [0.4, 0.5) is 5.95 Å². The first kappa shape index (κ1) is 15.4. The Morgan fingerprint density at radius 3 is 2.85 bits per heavy atom. The molecular formula is C16H29N3O. The summed E-state index contributed by atoms with van der Waals surface area (Å²) in [6, 6.07) is 0.616. The van der Waals surface area contributed by atoms with Gasteiger partial charge >= 0.3 is 0 Å². The molecule has 4 heteroatoms. The summed E-state index contributed by atoms with van der Waals surface area (Å²) in [6.07, 6.45) is 14.0. The predicted octanol–water partition coefficient (Wildman–Crippen LogP) is 3.83. The van der Waals surface area contributed by atoms with Crippen LogP contribution in [0.15, 0.2) is 12.4 Å². The summed E-state index contributed by atoms with van der Waals surface area (Å²) in [7, 11) is 0. The van der Waals surface area contributed by atoms with Crippen molar-refractivity contribution in [1.82, 2.24) is 9.55 Å². The Hall–Kier alpha value is -1.03.